The molecule has 0 bridgehead atoms. The molecule has 144 valence electrons. The molecule has 1 saturated carbocycles. The quantitative estimate of drug-likeness (QED) is 0.750. The number of urea groups is 1. The van der Waals surface area contributed by atoms with Crippen LogP contribution in [-0.4, -0.2) is 23.1 Å². The molecule has 1 saturated heterocycles. The number of benzene rings is 1. The van der Waals surface area contributed by atoms with Crippen molar-refractivity contribution in [3.63, 3.8) is 0 Å². The topological polar surface area (TPSA) is 60.2 Å². The summed E-state index contributed by atoms with van der Waals surface area (Å²) in [6.45, 7) is 0. The van der Waals surface area contributed by atoms with Crippen LogP contribution in [0.25, 0.3) is 0 Å². The molecule has 4 rings (SSSR count). The number of nitriles is 1. The van der Waals surface area contributed by atoms with E-state index >= 15 is 0 Å². The number of carbonyl (C=O) groups excluding carboxylic acids is 1. The minimum Gasteiger partial charge on any atom is -0.289 e. The van der Waals surface area contributed by atoms with Crippen LogP contribution in [0.5, 0.6) is 0 Å². The zero-order valence-corrected chi connectivity index (χ0v) is 14.9. The van der Waals surface area contributed by atoms with Crippen LogP contribution in [0.2, 0.25) is 0 Å². The van der Waals surface area contributed by atoms with Gasteiger partial charge >= 0.3 is 12.2 Å². The van der Waals surface area contributed by atoms with Gasteiger partial charge in [-0.2, -0.15) is 18.4 Å². The Hall–Kier alpha value is -3.08. The average Bonchev–Trinajstić information content (AvgIpc) is 2.99. The summed E-state index contributed by atoms with van der Waals surface area (Å²) in [6, 6.07) is 7.86. The number of pyridine rings is 1. The lowest BCUT2D eigenvalue weighted by molar-refractivity contribution is -0.137. The van der Waals surface area contributed by atoms with Gasteiger partial charge < -0.3 is 0 Å². The molecule has 2 atom stereocenters. The second-order valence-electron chi connectivity index (χ2n) is 6.99. The van der Waals surface area contributed by atoms with E-state index in [1.807, 2.05) is 0 Å². The van der Waals surface area contributed by atoms with Crippen molar-refractivity contribution in [2.45, 2.75) is 43.9 Å². The molecule has 1 aliphatic heterocycles. The molecule has 1 aromatic carbocycles. The predicted octanol–water partition coefficient (Wildman–Crippen LogP) is 4.73. The van der Waals surface area contributed by atoms with Crippen molar-refractivity contribution in [3.8, 4) is 6.07 Å². The van der Waals surface area contributed by atoms with Crippen LogP contribution in [0, 0.1) is 11.3 Å². The lowest BCUT2D eigenvalue weighted by Crippen LogP contribution is -2.40. The molecule has 0 spiro atoms. The second-order valence-corrected chi connectivity index (χ2v) is 6.99. The summed E-state index contributed by atoms with van der Waals surface area (Å²) in [7, 11) is 0. The molecule has 2 amide bonds. The fourth-order valence-electron chi connectivity index (χ4n) is 4.22. The smallest absolute Gasteiger partial charge is 0.289 e. The van der Waals surface area contributed by atoms with Crippen molar-refractivity contribution in [2.75, 3.05) is 9.80 Å². The minimum absolute atomic E-state index is 0.103. The number of amides is 2. The zero-order chi connectivity index (χ0) is 19.9. The maximum absolute atomic E-state index is 13.4. The fraction of sp³-hybridized carbons (Fsp3) is 0.350. The van der Waals surface area contributed by atoms with E-state index < -0.39 is 17.3 Å². The van der Waals surface area contributed by atoms with Crippen LogP contribution in [0.1, 0.15) is 36.8 Å². The number of anilines is 2. The van der Waals surface area contributed by atoms with Crippen LogP contribution >= 0.6 is 0 Å². The third-order valence-corrected chi connectivity index (χ3v) is 5.42. The predicted molar refractivity (Wildman–Crippen MR) is 96.8 cm³/mol. The largest absolute Gasteiger partial charge is 0.417 e. The van der Waals surface area contributed by atoms with Gasteiger partial charge in [-0.3, -0.25) is 14.8 Å². The first-order valence-corrected chi connectivity index (χ1v) is 9.05. The fourth-order valence-corrected chi connectivity index (χ4v) is 4.22. The summed E-state index contributed by atoms with van der Waals surface area (Å²) in [5.41, 5.74) is -0.613. The van der Waals surface area contributed by atoms with Crippen LogP contribution < -0.4 is 9.80 Å². The Balaban J connectivity index is 1.79. The maximum Gasteiger partial charge on any atom is 0.417 e. The Morgan fingerprint density at radius 2 is 1.61 bits per heavy atom. The Morgan fingerprint density at radius 3 is 2.18 bits per heavy atom. The Morgan fingerprint density at radius 1 is 1.00 bits per heavy atom. The van der Waals surface area contributed by atoms with Crippen molar-refractivity contribution >= 4 is 17.4 Å². The highest BCUT2D eigenvalue weighted by molar-refractivity contribution is 6.07. The molecule has 0 N–H and O–H groups in total. The van der Waals surface area contributed by atoms with Gasteiger partial charge in [0.1, 0.15) is 0 Å². The maximum atomic E-state index is 13.4. The van der Waals surface area contributed by atoms with Crippen molar-refractivity contribution in [3.05, 3.63) is 53.9 Å². The molecular formula is C20H17F3N4O. The first-order chi connectivity index (χ1) is 13.4. The van der Waals surface area contributed by atoms with Crippen molar-refractivity contribution < 1.29 is 18.0 Å². The van der Waals surface area contributed by atoms with Gasteiger partial charge in [-0.15, -0.1) is 0 Å². The van der Waals surface area contributed by atoms with Gasteiger partial charge in [0.15, 0.2) is 0 Å². The van der Waals surface area contributed by atoms with Crippen molar-refractivity contribution in [1.82, 2.24) is 4.98 Å². The average molecular weight is 386 g/mol. The van der Waals surface area contributed by atoms with E-state index in [4.69, 9.17) is 5.26 Å². The van der Waals surface area contributed by atoms with Gasteiger partial charge in [0.25, 0.3) is 0 Å². The van der Waals surface area contributed by atoms with Gasteiger partial charge in [0.05, 0.1) is 29.3 Å². The number of hydrogen-bond acceptors (Lipinski definition) is 3. The molecule has 1 aromatic heterocycles. The molecule has 8 heteroatoms. The molecule has 2 heterocycles. The van der Waals surface area contributed by atoms with Crippen LogP contribution in [0.4, 0.5) is 29.3 Å². The molecule has 1 aliphatic carbocycles. The van der Waals surface area contributed by atoms with E-state index in [2.05, 4.69) is 4.98 Å². The van der Waals surface area contributed by atoms with Gasteiger partial charge in [-0.05, 0) is 43.2 Å². The second kappa shape index (κ2) is 6.82. The van der Waals surface area contributed by atoms with Gasteiger partial charge in [-0.25, -0.2) is 4.79 Å². The van der Waals surface area contributed by atoms with E-state index in [0.717, 1.165) is 37.8 Å². The molecule has 5 nitrogen and oxygen atoms in total. The summed E-state index contributed by atoms with van der Waals surface area (Å²) in [5, 5.41) is 9.02. The van der Waals surface area contributed by atoms with Gasteiger partial charge in [0.2, 0.25) is 0 Å². The Labute approximate surface area is 160 Å². The highest BCUT2D eigenvalue weighted by Gasteiger charge is 2.48. The summed E-state index contributed by atoms with van der Waals surface area (Å²) < 4.78 is 40.2. The number of nitrogens with zero attached hydrogens (tertiary/aromatic N) is 4. The number of rotatable bonds is 2. The molecule has 2 aliphatic rings. The molecule has 0 radical (unpaired) electrons. The molecule has 0 unspecified atom stereocenters. The zero-order valence-electron chi connectivity index (χ0n) is 14.9. The van der Waals surface area contributed by atoms with Crippen LogP contribution in [-0.2, 0) is 6.18 Å². The first kappa shape index (κ1) is 18.3. The molecule has 2 fully saturated rings. The van der Waals surface area contributed by atoms with Gasteiger partial charge in [-0.1, -0.05) is 12.8 Å². The Kier molecular flexibility index (Phi) is 4.46. The lowest BCUT2D eigenvalue weighted by Gasteiger charge is -2.32. The highest BCUT2D eigenvalue weighted by Crippen LogP contribution is 2.41. The van der Waals surface area contributed by atoms with Crippen LogP contribution in [0.3, 0.4) is 0 Å². The molecular weight excluding hydrogens is 369 g/mol. The molecule has 28 heavy (non-hydrogen) atoms. The van der Waals surface area contributed by atoms with E-state index in [1.54, 1.807) is 35.5 Å². The van der Waals surface area contributed by atoms with E-state index in [9.17, 15) is 18.0 Å². The molecule has 2 aromatic rings. The highest BCUT2D eigenvalue weighted by atomic mass is 19.4. The normalized spacial score (nSPS) is 22.1. The van der Waals surface area contributed by atoms with Crippen molar-refractivity contribution in [2.24, 2.45) is 0 Å². The number of alkyl halides is 3. The number of halogens is 3. The van der Waals surface area contributed by atoms with Crippen LogP contribution in [0.15, 0.2) is 42.7 Å². The van der Waals surface area contributed by atoms with E-state index in [-0.39, 0.29) is 23.8 Å². The summed E-state index contributed by atoms with van der Waals surface area (Å²) >= 11 is 0. The summed E-state index contributed by atoms with van der Waals surface area (Å²) in [4.78, 5) is 20.4. The van der Waals surface area contributed by atoms with Gasteiger partial charge in [0, 0.05) is 23.8 Å². The lowest BCUT2D eigenvalue weighted by atomic mass is 9.89. The number of aromatic nitrogens is 1. The monoisotopic (exact) mass is 386 g/mol. The summed E-state index contributed by atoms with van der Waals surface area (Å²) in [6.07, 6.45) is 1.90. The number of fused-ring (bicyclic) bond motifs is 1. The third kappa shape index (κ3) is 2.97. The summed E-state index contributed by atoms with van der Waals surface area (Å²) in [5.74, 6) is 0. The van der Waals surface area contributed by atoms with E-state index in [0.29, 0.717) is 5.69 Å². The third-order valence-electron chi connectivity index (χ3n) is 5.42. The van der Waals surface area contributed by atoms with Crippen molar-refractivity contribution in [1.29, 1.82) is 5.26 Å². The number of hydrogen-bond donors (Lipinski definition) is 0. The first-order valence-electron chi connectivity index (χ1n) is 9.05. The Bertz CT molecular complexity index is 939. The number of carbonyl (C=O) groups is 1. The minimum atomic E-state index is -4.67. The van der Waals surface area contributed by atoms with E-state index in [1.165, 1.54) is 11.0 Å². The SMILES string of the molecule is N#Cc1ccc(N2C(=O)N(c3ccncc3)[C@H]3CCCC[C@@H]32)cc1C(F)(F)F. The standard InChI is InChI=1S/C20H17F3N4O/c21-20(22,23)16-11-15(6-5-13(16)12-24)27-18-4-2-1-3-17(18)26(19(27)28)14-7-9-25-10-8-14/h5-11,17-18H,1-4H2/t17-,18-/m0/s1.